The van der Waals surface area contributed by atoms with Crippen LogP contribution in [0.1, 0.15) is 43.4 Å². The molecule has 114 valence electrons. The molecule has 2 aromatic rings. The molecule has 0 spiro atoms. The highest BCUT2D eigenvalue weighted by molar-refractivity contribution is 9.09. The second kappa shape index (κ2) is 6.06. The maximum absolute atomic E-state index is 12.5. The Morgan fingerprint density at radius 1 is 1.27 bits per heavy atom. The summed E-state index contributed by atoms with van der Waals surface area (Å²) in [6, 6.07) is 6.97. The van der Waals surface area contributed by atoms with Crippen molar-refractivity contribution in [3.05, 3.63) is 44.8 Å². The Balaban J connectivity index is 2.23. The Labute approximate surface area is 142 Å². The van der Waals surface area contributed by atoms with Gasteiger partial charge in [0, 0.05) is 16.7 Å². The molecule has 0 atom stereocenters. The van der Waals surface area contributed by atoms with Gasteiger partial charge in [-0.3, -0.25) is 4.79 Å². The molecule has 1 aliphatic rings. The van der Waals surface area contributed by atoms with E-state index in [-0.39, 0.29) is 16.2 Å². The zero-order chi connectivity index (χ0) is 15.7. The Bertz CT molecular complexity index is 816. The van der Waals surface area contributed by atoms with Crippen LogP contribution >= 0.6 is 27.5 Å². The van der Waals surface area contributed by atoms with Gasteiger partial charge in [-0.15, -0.1) is 0 Å². The maximum atomic E-state index is 12.5. The molecule has 0 bridgehead atoms. The molecule has 1 heterocycles. The van der Waals surface area contributed by atoms with Gasteiger partial charge in [0.05, 0.1) is 22.2 Å². The summed E-state index contributed by atoms with van der Waals surface area (Å²) < 4.78 is 5.79. The van der Waals surface area contributed by atoms with Gasteiger partial charge in [-0.05, 0) is 25.0 Å². The minimum atomic E-state index is -0.276. The van der Waals surface area contributed by atoms with Crippen molar-refractivity contribution in [2.24, 2.45) is 0 Å². The molecule has 1 fully saturated rings. The van der Waals surface area contributed by atoms with E-state index in [1.165, 1.54) is 6.42 Å². The second-order valence-electron chi connectivity index (χ2n) is 5.78. The third-order valence-corrected chi connectivity index (χ3v) is 5.63. The van der Waals surface area contributed by atoms with E-state index >= 15 is 0 Å². The van der Waals surface area contributed by atoms with Gasteiger partial charge in [0.25, 0.3) is 0 Å². The van der Waals surface area contributed by atoms with Crippen LogP contribution in [0.4, 0.5) is 0 Å². The Morgan fingerprint density at radius 3 is 2.68 bits per heavy atom. The third-order valence-electron chi connectivity index (χ3n) is 4.23. The molecule has 3 rings (SSSR count). The zero-order valence-electron chi connectivity index (χ0n) is 12.0. The van der Waals surface area contributed by atoms with Crippen molar-refractivity contribution >= 4 is 38.5 Å². The predicted molar refractivity (Wildman–Crippen MR) is 90.5 cm³/mol. The summed E-state index contributed by atoms with van der Waals surface area (Å²) in [6.45, 7) is 0. The third kappa shape index (κ3) is 2.80. The van der Waals surface area contributed by atoms with E-state index in [1.807, 2.05) is 0 Å². The highest BCUT2D eigenvalue weighted by Gasteiger charge is 2.34. The fourth-order valence-electron chi connectivity index (χ4n) is 3.09. The van der Waals surface area contributed by atoms with Gasteiger partial charge < -0.3 is 4.42 Å². The van der Waals surface area contributed by atoms with E-state index in [0.29, 0.717) is 27.3 Å². The van der Waals surface area contributed by atoms with Gasteiger partial charge in [-0.2, -0.15) is 5.26 Å². The molecule has 22 heavy (non-hydrogen) atoms. The first kappa shape index (κ1) is 15.6. The normalized spacial score (nSPS) is 17.3. The van der Waals surface area contributed by atoms with Crippen molar-refractivity contribution in [3.63, 3.8) is 0 Å². The fourth-order valence-corrected chi connectivity index (χ4v) is 4.08. The molecule has 1 aliphatic carbocycles. The van der Waals surface area contributed by atoms with Gasteiger partial charge in [0.15, 0.2) is 5.43 Å². The molecule has 1 aromatic carbocycles. The highest BCUT2D eigenvalue weighted by atomic mass is 79.9. The van der Waals surface area contributed by atoms with Crippen LogP contribution in [0.25, 0.3) is 11.0 Å². The largest absolute Gasteiger partial charge is 0.459 e. The minimum Gasteiger partial charge on any atom is -0.459 e. The molecule has 0 amide bonds. The number of fused-ring (bicyclic) bond motifs is 1. The van der Waals surface area contributed by atoms with Crippen molar-refractivity contribution in [1.82, 2.24) is 0 Å². The lowest BCUT2D eigenvalue weighted by atomic mass is 9.87. The van der Waals surface area contributed by atoms with Crippen LogP contribution in [0.2, 0.25) is 5.02 Å². The lowest BCUT2D eigenvalue weighted by molar-refractivity contribution is 0.354. The number of nitrogens with zero attached hydrogens (tertiary/aromatic N) is 1. The second-order valence-corrected chi connectivity index (χ2v) is 7.73. The average Bonchev–Trinajstić information content (AvgIpc) is 2.49. The summed E-state index contributed by atoms with van der Waals surface area (Å²) >= 11 is 9.83. The van der Waals surface area contributed by atoms with Crippen LogP contribution in [0.5, 0.6) is 0 Å². The molecule has 0 radical (unpaired) electrons. The van der Waals surface area contributed by atoms with Crippen LogP contribution in [-0.2, 0) is 10.7 Å². The predicted octanol–water partition coefficient (Wildman–Crippen LogP) is 5.07. The Kier molecular flexibility index (Phi) is 4.29. The summed E-state index contributed by atoms with van der Waals surface area (Å²) in [5, 5.41) is 9.87. The monoisotopic (exact) mass is 379 g/mol. The summed E-state index contributed by atoms with van der Waals surface area (Å²) in [7, 11) is 0. The van der Waals surface area contributed by atoms with Crippen molar-refractivity contribution in [2.75, 3.05) is 0 Å². The summed E-state index contributed by atoms with van der Waals surface area (Å²) in [5.41, 5.74) is 1.04. The van der Waals surface area contributed by atoms with Gasteiger partial charge in [-0.25, -0.2) is 0 Å². The molecule has 0 aliphatic heterocycles. The van der Waals surface area contributed by atoms with Gasteiger partial charge >= 0.3 is 0 Å². The summed E-state index contributed by atoms with van der Waals surface area (Å²) in [6.07, 6.45) is 5.49. The number of halogens is 2. The van der Waals surface area contributed by atoms with Crippen molar-refractivity contribution in [3.8, 4) is 6.07 Å². The van der Waals surface area contributed by atoms with Crippen LogP contribution in [0.3, 0.4) is 0 Å². The smallest absolute Gasteiger partial charge is 0.193 e. The van der Waals surface area contributed by atoms with Crippen LogP contribution in [0.15, 0.2) is 27.4 Å². The Hall–Kier alpha value is -1.31. The van der Waals surface area contributed by atoms with E-state index in [9.17, 15) is 4.79 Å². The van der Waals surface area contributed by atoms with Crippen molar-refractivity contribution < 1.29 is 4.42 Å². The van der Waals surface area contributed by atoms with Crippen molar-refractivity contribution in [1.29, 1.82) is 5.26 Å². The van der Waals surface area contributed by atoms with Crippen LogP contribution in [0, 0.1) is 11.3 Å². The van der Waals surface area contributed by atoms with E-state index in [2.05, 4.69) is 22.0 Å². The lowest BCUT2D eigenvalue weighted by Gasteiger charge is -2.30. The first-order valence-corrected chi connectivity index (χ1v) is 8.53. The fraction of sp³-hybridized carbons (Fsp3) is 0.412. The number of nitriles is 1. The molecule has 3 nitrogen and oxygen atoms in total. The number of alkyl halides is 1. The number of rotatable bonds is 2. The number of benzene rings is 1. The van der Waals surface area contributed by atoms with Gasteiger partial charge in [-0.1, -0.05) is 46.8 Å². The molecule has 5 heteroatoms. The van der Waals surface area contributed by atoms with Gasteiger partial charge in [0.1, 0.15) is 11.3 Å². The minimum absolute atomic E-state index is 0.109. The van der Waals surface area contributed by atoms with Crippen molar-refractivity contribution in [2.45, 2.75) is 42.8 Å². The van der Waals surface area contributed by atoms with E-state index in [4.69, 9.17) is 21.3 Å². The lowest BCUT2D eigenvalue weighted by Crippen LogP contribution is -2.23. The molecule has 0 saturated heterocycles. The van der Waals surface area contributed by atoms with Crippen LogP contribution in [-0.4, -0.2) is 0 Å². The highest BCUT2D eigenvalue weighted by Crippen LogP contribution is 2.45. The SMILES string of the molecule is N#CCc1cc(Cl)cc2c(=O)cc(C3(Br)CCCCC3)oc12. The first-order valence-electron chi connectivity index (χ1n) is 7.36. The number of hydrogen-bond acceptors (Lipinski definition) is 3. The number of hydrogen-bond donors (Lipinski definition) is 0. The maximum Gasteiger partial charge on any atom is 0.193 e. The van der Waals surface area contributed by atoms with E-state index in [1.54, 1.807) is 18.2 Å². The quantitative estimate of drug-likeness (QED) is 0.684. The standard InChI is InChI=1S/C17H15BrClNO2/c18-17(5-2-1-3-6-17)15-10-14(21)13-9-12(19)8-11(4-7-20)16(13)22-15/h8-10H,1-6H2. The molecule has 0 unspecified atom stereocenters. The van der Waals surface area contributed by atoms with Crippen LogP contribution < -0.4 is 5.43 Å². The van der Waals surface area contributed by atoms with Gasteiger partial charge in [0.2, 0.25) is 0 Å². The Morgan fingerprint density at radius 2 is 2.00 bits per heavy atom. The molecular weight excluding hydrogens is 366 g/mol. The van der Waals surface area contributed by atoms with E-state index < -0.39 is 0 Å². The summed E-state index contributed by atoms with van der Waals surface area (Å²) in [5.74, 6) is 0.659. The molecule has 1 saturated carbocycles. The molecule has 1 aromatic heterocycles. The van der Waals surface area contributed by atoms with E-state index in [0.717, 1.165) is 25.7 Å². The molecular formula is C17H15BrClNO2. The molecule has 0 N–H and O–H groups in total. The average molecular weight is 381 g/mol. The summed E-state index contributed by atoms with van der Waals surface area (Å²) in [4.78, 5) is 12.5. The zero-order valence-corrected chi connectivity index (χ0v) is 14.3. The first-order chi connectivity index (χ1) is 10.5. The topological polar surface area (TPSA) is 54.0 Å².